The number of nitrogens with one attached hydrogen (secondary N) is 1. The van der Waals surface area contributed by atoms with E-state index in [9.17, 15) is 4.79 Å². The van der Waals surface area contributed by atoms with E-state index in [0.29, 0.717) is 23.2 Å². The van der Waals surface area contributed by atoms with E-state index in [4.69, 9.17) is 10.5 Å². The van der Waals surface area contributed by atoms with Crippen molar-refractivity contribution in [1.82, 2.24) is 10.3 Å². The molecule has 1 aromatic carbocycles. The maximum atomic E-state index is 11.3. The van der Waals surface area contributed by atoms with E-state index in [-0.39, 0.29) is 0 Å². The number of nitrogens with zero attached hydrogens (tertiary/aromatic N) is 1. The predicted octanol–water partition coefficient (Wildman–Crippen LogP) is 2.47. The minimum absolute atomic E-state index is 0.338. The smallest absolute Gasteiger partial charge is 0.252 e. The van der Waals surface area contributed by atoms with Crippen molar-refractivity contribution in [2.45, 2.75) is 26.4 Å². The molecular weight excluding hydrogens is 266 g/mol. The second-order valence-corrected chi connectivity index (χ2v) is 5.00. The van der Waals surface area contributed by atoms with Crippen molar-refractivity contribution in [2.24, 2.45) is 5.73 Å². The maximum absolute atomic E-state index is 11.3. The van der Waals surface area contributed by atoms with E-state index >= 15 is 0 Å². The average Bonchev–Trinajstić information content (AvgIpc) is 2.47. The second kappa shape index (κ2) is 6.85. The van der Waals surface area contributed by atoms with Crippen LogP contribution in [0.1, 0.15) is 29.8 Å². The lowest BCUT2D eigenvalue weighted by molar-refractivity contribution is 0.0998. The molecule has 0 saturated carbocycles. The Morgan fingerprint density at radius 3 is 2.67 bits per heavy atom. The molecule has 5 nitrogen and oxygen atoms in total. The predicted molar refractivity (Wildman–Crippen MR) is 81.2 cm³/mol. The summed E-state index contributed by atoms with van der Waals surface area (Å²) < 4.78 is 5.62. The minimum atomic E-state index is -0.525. The average molecular weight is 285 g/mol. The normalized spacial score (nSPS) is 10.6. The standard InChI is InChI=1S/C16H19N3O2/c1-11(2)18-9-12-7-8-15(19-10-12)21-14-6-4-3-5-13(14)16(17)20/h3-8,10-11,18H,9H2,1-2H3,(H2,17,20). The quantitative estimate of drug-likeness (QED) is 0.854. The first-order chi connectivity index (χ1) is 10.1. The number of amides is 1. The summed E-state index contributed by atoms with van der Waals surface area (Å²) in [6, 6.07) is 11.0. The van der Waals surface area contributed by atoms with Gasteiger partial charge in [0, 0.05) is 24.8 Å². The van der Waals surface area contributed by atoms with Gasteiger partial charge in [-0.05, 0) is 17.7 Å². The number of hydrogen-bond donors (Lipinski definition) is 2. The van der Waals surface area contributed by atoms with Gasteiger partial charge in [0.25, 0.3) is 5.91 Å². The van der Waals surface area contributed by atoms with Crippen LogP contribution in [0, 0.1) is 0 Å². The van der Waals surface area contributed by atoms with Crippen molar-refractivity contribution in [3.8, 4) is 11.6 Å². The lowest BCUT2D eigenvalue weighted by Crippen LogP contribution is -2.21. The summed E-state index contributed by atoms with van der Waals surface area (Å²) in [6.07, 6.45) is 1.75. The summed E-state index contributed by atoms with van der Waals surface area (Å²) >= 11 is 0. The van der Waals surface area contributed by atoms with Crippen LogP contribution >= 0.6 is 0 Å². The Balaban J connectivity index is 2.09. The van der Waals surface area contributed by atoms with E-state index in [1.165, 1.54) is 0 Å². The third-order valence-electron chi connectivity index (χ3n) is 2.88. The molecule has 2 rings (SSSR count). The van der Waals surface area contributed by atoms with Crippen LogP contribution in [0.3, 0.4) is 0 Å². The van der Waals surface area contributed by atoms with Gasteiger partial charge < -0.3 is 15.8 Å². The van der Waals surface area contributed by atoms with Crippen LogP contribution in [0.4, 0.5) is 0 Å². The van der Waals surface area contributed by atoms with Gasteiger partial charge in [-0.3, -0.25) is 4.79 Å². The van der Waals surface area contributed by atoms with Crippen molar-refractivity contribution in [2.75, 3.05) is 0 Å². The zero-order chi connectivity index (χ0) is 15.2. The van der Waals surface area contributed by atoms with Crippen LogP contribution in [-0.4, -0.2) is 16.9 Å². The number of rotatable bonds is 6. The molecule has 0 aliphatic heterocycles. The highest BCUT2D eigenvalue weighted by Gasteiger charge is 2.09. The molecule has 0 bridgehead atoms. The number of benzene rings is 1. The monoisotopic (exact) mass is 285 g/mol. The van der Waals surface area contributed by atoms with Crippen molar-refractivity contribution in [3.05, 3.63) is 53.7 Å². The summed E-state index contributed by atoms with van der Waals surface area (Å²) in [6.45, 7) is 4.93. The SMILES string of the molecule is CC(C)NCc1ccc(Oc2ccccc2C(N)=O)nc1. The fourth-order valence-corrected chi connectivity index (χ4v) is 1.77. The van der Waals surface area contributed by atoms with Gasteiger partial charge >= 0.3 is 0 Å². The number of primary amides is 1. The fourth-order valence-electron chi connectivity index (χ4n) is 1.77. The molecule has 110 valence electrons. The van der Waals surface area contributed by atoms with Crippen LogP contribution in [-0.2, 0) is 6.54 Å². The van der Waals surface area contributed by atoms with Gasteiger partial charge in [-0.1, -0.05) is 32.0 Å². The van der Waals surface area contributed by atoms with Gasteiger partial charge in [0.1, 0.15) is 5.75 Å². The van der Waals surface area contributed by atoms with Crippen LogP contribution in [0.5, 0.6) is 11.6 Å². The minimum Gasteiger partial charge on any atom is -0.438 e. The molecule has 1 amide bonds. The van der Waals surface area contributed by atoms with Gasteiger partial charge in [-0.25, -0.2) is 4.98 Å². The number of carbonyl (C=O) groups excluding carboxylic acids is 1. The molecule has 0 unspecified atom stereocenters. The van der Waals surface area contributed by atoms with Gasteiger partial charge in [-0.2, -0.15) is 0 Å². The van der Waals surface area contributed by atoms with Crippen molar-refractivity contribution < 1.29 is 9.53 Å². The molecule has 1 heterocycles. The van der Waals surface area contributed by atoms with Crippen molar-refractivity contribution >= 4 is 5.91 Å². The van der Waals surface area contributed by atoms with Gasteiger partial charge in [0.05, 0.1) is 5.56 Å². The Morgan fingerprint density at radius 2 is 2.05 bits per heavy atom. The van der Waals surface area contributed by atoms with E-state index in [1.54, 1.807) is 36.5 Å². The lowest BCUT2D eigenvalue weighted by Gasteiger charge is -2.10. The summed E-state index contributed by atoms with van der Waals surface area (Å²) in [5, 5.41) is 3.31. The van der Waals surface area contributed by atoms with Crippen molar-refractivity contribution in [3.63, 3.8) is 0 Å². The molecule has 0 spiro atoms. The maximum Gasteiger partial charge on any atom is 0.252 e. The first-order valence-corrected chi connectivity index (χ1v) is 6.81. The summed E-state index contributed by atoms with van der Waals surface area (Å²) in [5.74, 6) is 0.311. The van der Waals surface area contributed by atoms with Gasteiger partial charge in [0.15, 0.2) is 0 Å². The van der Waals surface area contributed by atoms with Crippen molar-refractivity contribution in [1.29, 1.82) is 0 Å². The summed E-state index contributed by atoms with van der Waals surface area (Å²) in [5.41, 5.74) is 6.72. The number of para-hydroxylation sites is 1. The number of nitrogens with two attached hydrogens (primary N) is 1. The third-order valence-corrected chi connectivity index (χ3v) is 2.88. The Labute approximate surface area is 124 Å². The number of ether oxygens (including phenoxy) is 1. The molecule has 0 fully saturated rings. The first kappa shape index (κ1) is 15.0. The third kappa shape index (κ3) is 4.29. The highest BCUT2D eigenvalue weighted by molar-refractivity contribution is 5.95. The lowest BCUT2D eigenvalue weighted by atomic mass is 10.2. The molecular formula is C16H19N3O2. The Hall–Kier alpha value is -2.40. The largest absolute Gasteiger partial charge is 0.438 e. The topological polar surface area (TPSA) is 77.2 Å². The fraction of sp³-hybridized carbons (Fsp3) is 0.250. The second-order valence-electron chi connectivity index (χ2n) is 5.00. The molecule has 0 aliphatic rings. The van der Waals surface area contributed by atoms with Gasteiger partial charge in [-0.15, -0.1) is 0 Å². The van der Waals surface area contributed by atoms with E-state index < -0.39 is 5.91 Å². The molecule has 0 aliphatic carbocycles. The molecule has 21 heavy (non-hydrogen) atoms. The van der Waals surface area contributed by atoms with E-state index in [1.807, 2.05) is 6.07 Å². The molecule has 0 radical (unpaired) electrons. The van der Waals surface area contributed by atoms with E-state index in [0.717, 1.165) is 12.1 Å². The highest BCUT2D eigenvalue weighted by Crippen LogP contribution is 2.23. The zero-order valence-corrected chi connectivity index (χ0v) is 12.2. The van der Waals surface area contributed by atoms with Crippen LogP contribution in [0.15, 0.2) is 42.6 Å². The van der Waals surface area contributed by atoms with Crippen LogP contribution < -0.4 is 15.8 Å². The van der Waals surface area contributed by atoms with Gasteiger partial charge in [0.2, 0.25) is 5.88 Å². The number of pyridine rings is 1. The number of hydrogen-bond acceptors (Lipinski definition) is 4. The first-order valence-electron chi connectivity index (χ1n) is 6.81. The zero-order valence-electron chi connectivity index (χ0n) is 12.2. The number of carbonyl (C=O) groups is 1. The molecule has 1 aromatic heterocycles. The number of aromatic nitrogens is 1. The van der Waals surface area contributed by atoms with Crippen LogP contribution in [0.25, 0.3) is 0 Å². The molecule has 0 atom stereocenters. The molecule has 5 heteroatoms. The summed E-state index contributed by atoms with van der Waals surface area (Å²) in [7, 11) is 0. The molecule has 2 aromatic rings. The highest BCUT2D eigenvalue weighted by atomic mass is 16.5. The summed E-state index contributed by atoms with van der Waals surface area (Å²) in [4.78, 5) is 15.6. The van der Waals surface area contributed by atoms with Crippen LogP contribution in [0.2, 0.25) is 0 Å². The molecule has 0 saturated heterocycles. The van der Waals surface area contributed by atoms with E-state index in [2.05, 4.69) is 24.1 Å². The molecule has 3 N–H and O–H groups in total. The Bertz CT molecular complexity index is 609. The Kier molecular flexibility index (Phi) is 4.90. The Morgan fingerprint density at radius 1 is 1.29 bits per heavy atom.